The molecule has 0 aliphatic carbocycles. The van der Waals surface area contributed by atoms with Crippen molar-refractivity contribution in [1.82, 2.24) is 12.7 Å². The molecule has 0 spiro atoms. The molecule has 3 unspecified atom stereocenters. The van der Waals surface area contributed by atoms with E-state index in [1.165, 1.54) is 17.1 Å². The Kier molecular flexibility index (Phi) is 6.98. The Morgan fingerprint density at radius 1 is 1.14 bits per heavy atom. The van der Waals surface area contributed by atoms with Crippen LogP contribution in [0.4, 0.5) is 10.1 Å². The summed E-state index contributed by atoms with van der Waals surface area (Å²) in [6.07, 6.45) is 1.33. The van der Waals surface area contributed by atoms with Gasteiger partial charge in [0.2, 0.25) is 0 Å². The number of ether oxygens (including phenoxy) is 4. The fourth-order valence-corrected chi connectivity index (χ4v) is 13.2. The third-order valence-corrected chi connectivity index (χ3v) is 15.6. The van der Waals surface area contributed by atoms with Crippen molar-refractivity contribution in [2.75, 3.05) is 35.8 Å². The van der Waals surface area contributed by atoms with E-state index in [9.17, 15) is 4.39 Å². The first kappa shape index (κ1) is 27.9. The van der Waals surface area contributed by atoms with Crippen LogP contribution < -0.4 is 14.4 Å². The average molecular weight is 719 g/mol. The molecule has 4 aromatic rings. The predicted octanol–water partition coefficient (Wildman–Crippen LogP) is 6.63. The molecule has 0 radical (unpaired) electrons. The molecule has 3 fully saturated rings. The summed E-state index contributed by atoms with van der Waals surface area (Å²) in [5, 5.41) is 0.332. The number of fused-ring (bicyclic) bond motifs is 3. The molecule has 3 atom stereocenters. The second kappa shape index (κ2) is 10.8. The molecule has 8 nitrogen and oxygen atoms in total. The van der Waals surface area contributed by atoms with Gasteiger partial charge in [-0.25, -0.2) is 0 Å². The number of anilines is 1. The number of rotatable bonds is 6. The Hall–Kier alpha value is -2.64. The number of para-hydroxylation sites is 1. The summed E-state index contributed by atoms with van der Waals surface area (Å²) in [5.74, 6) is 0.584. The van der Waals surface area contributed by atoms with Gasteiger partial charge in [-0.05, 0) is 0 Å². The van der Waals surface area contributed by atoms with Crippen LogP contribution in [-0.2, 0) is 28.4 Å². The van der Waals surface area contributed by atoms with Gasteiger partial charge in [-0.15, -0.1) is 0 Å². The van der Waals surface area contributed by atoms with Crippen LogP contribution in [0.1, 0.15) is 30.3 Å². The number of aromatic nitrogens is 2. The summed E-state index contributed by atoms with van der Waals surface area (Å²) in [4.78, 5) is 7.53. The summed E-state index contributed by atoms with van der Waals surface area (Å²) in [6.45, 7) is 8.52. The second-order valence-electron chi connectivity index (χ2n) is 11.6. The van der Waals surface area contributed by atoms with Gasteiger partial charge in [0, 0.05) is 0 Å². The van der Waals surface area contributed by atoms with Gasteiger partial charge in [-0.2, -0.15) is 0 Å². The third kappa shape index (κ3) is 4.86. The van der Waals surface area contributed by atoms with Crippen molar-refractivity contribution in [2.24, 2.45) is 0 Å². The molecular formula is C32H33ClFIN4O4. The molecule has 11 heteroatoms. The first-order valence-electron chi connectivity index (χ1n) is 14.6. The zero-order chi connectivity index (χ0) is 29.3. The van der Waals surface area contributed by atoms with Crippen molar-refractivity contribution >= 4 is 48.4 Å². The van der Waals surface area contributed by atoms with E-state index in [2.05, 4.69) is 43.8 Å². The van der Waals surface area contributed by atoms with E-state index in [1.54, 1.807) is 19.1 Å². The van der Waals surface area contributed by atoms with Crippen molar-refractivity contribution in [3.63, 3.8) is 0 Å². The molecule has 4 aliphatic heterocycles. The molecule has 5 heterocycles. The molecule has 0 amide bonds. The van der Waals surface area contributed by atoms with Crippen LogP contribution in [0.5, 0.6) is 11.5 Å². The van der Waals surface area contributed by atoms with Crippen LogP contribution in [0.2, 0.25) is 5.02 Å². The predicted molar refractivity (Wildman–Crippen MR) is 172 cm³/mol. The molecule has 43 heavy (non-hydrogen) atoms. The van der Waals surface area contributed by atoms with Gasteiger partial charge in [0.05, 0.1) is 0 Å². The van der Waals surface area contributed by atoms with Crippen molar-refractivity contribution in [3.8, 4) is 11.5 Å². The van der Waals surface area contributed by atoms with E-state index in [4.69, 9.17) is 35.5 Å². The van der Waals surface area contributed by atoms with Gasteiger partial charge >= 0.3 is 263 Å². The minimum absolute atomic E-state index is 0.247. The molecule has 226 valence electrons. The van der Waals surface area contributed by atoms with Crippen molar-refractivity contribution in [3.05, 3.63) is 82.4 Å². The summed E-state index contributed by atoms with van der Waals surface area (Å²) in [6, 6.07) is 17.0. The first-order chi connectivity index (χ1) is 20.9. The molecule has 8 rings (SSSR count). The molecule has 3 aromatic carbocycles. The Balaban J connectivity index is 1.06. The van der Waals surface area contributed by atoms with Crippen LogP contribution in [0.25, 0.3) is 11.0 Å². The number of nitrogens with zero attached hydrogens (tertiary/aromatic N) is 4. The number of halogens is 3. The SMILES string of the molecule is Cc1ccc2nc(CN3COCC4N(c5cccc6c5OC(C)(c5ccc(Cl)cc5F)O6)CCI43)n(CC3CCO3)c2c1. The standard InChI is InChI=1S/C32H33ClFIN4O4/c1-20-6-9-25-27(14-20)39(16-22-10-13-41-22)30(36-25)17-37-19-40-18-29-35(37)11-12-38(29)26-4-3-5-28-31(26)43-32(2,42-28)23-8-7-21(33)15-24(23)34/h3-9,14-15,22,29H,10-13,16-19H2,1-2H3. The number of benzene rings is 3. The van der Waals surface area contributed by atoms with Crippen LogP contribution in [0.3, 0.4) is 0 Å². The summed E-state index contributed by atoms with van der Waals surface area (Å²) < 4.78 is 46.1. The molecule has 0 saturated carbocycles. The van der Waals surface area contributed by atoms with Gasteiger partial charge in [0.1, 0.15) is 0 Å². The number of imidazole rings is 1. The number of hydrogen-bond donors (Lipinski definition) is 0. The Morgan fingerprint density at radius 3 is 2.84 bits per heavy atom. The van der Waals surface area contributed by atoms with E-state index in [-0.39, 0.29) is 10.2 Å². The maximum atomic E-state index is 14.9. The van der Waals surface area contributed by atoms with E-state index in [0.29, 0.717) is 35.4 Å². The molecule has 4 aliphatic rings. The van der Waals surface area contributed by atoms with Crippen molar-refractivity contribution in [1.29, 1.82) is 0 Å². The molecular weight excluding hydrogens is 686 g/mol. The van der Waals surface area contributed by atoms with Crippen LogP contribution >= 0.6 is 31.7 Å². The monoisotopic (exact) mass is 718 g/mol. The summed E-state index contributed by atoms with van der Waals surface area (Å²) in [7, 11) is 0. The van der Waals surface area contributed by atoms with Gasteiger partial charge in [0.15, 0.2) is 0 Å². The fraction of sp³-hybridized carbons (Fsp3) is 0.406. The fourth-order valence-electron chi connectivity index (χ4n) is 6.43. The van der Waals surface area contributed by atoms with Crippen molar-refractivity contribution < 1.29 is 23.3 Å². The first-order valence-corrected chi connectivity index (χ1v) is 18.8. The second-order valence-corrected chi connectivity index (χ2v) is 18.0. The summed E-state index contributed by atoms with van der Waals surface area (Å²) in [5.41, 5.74) is 4.72. The van der Waals surface area contributed by atoms with E-state index >= 15 is 0 Å². The zero-order valence-corrected chi connectivity index (χ0v) is 27.0. The number of aryl methyl sites for hydroxylation is 1. The maximum absolute atomic E-state index is 14.9. The third-order valence-electron chi connectivity index (χ3n) is 8.71. The minimum atomic E-state index is -1.68. The average Bonchev–Trinajstić information content (AvgIpc) is 3.64. The molecule has 3 saturated heterocycles. The summed E-state index contributed by atoms with van der Waals surface area (Å²) >= 11 is 4.33. The quantitative estimate of drug-likeness (QED) is 0.0961. The topological polar surface area (TPSA) is 61.2 Å². The molecule has 0 N–H and O–H groups in total. The van der Waals surface area contributed by atoms with Crippen molar-refractivity contribution in [2.45, 2.75) is 49.3 Å². The van der Waals surface area contributed by atoms with Gasteiger partial charge in [0.25, 0.3) is 0 Å². The van der Waals surface area contributed by atoms with Crippen LogP contribution in [0.15, 0.2) is 54.6 Å². The zero-order valence-electron chi connectivity index (χ0n) is 24.1. The van der Waals surface area contributed by atoms with E-state index < -0.39 is 31.7 Å². The number of hydrogen-bond acceptors (Lipinski definition) is 7. The van der Waals surface area contributed by atoms with Gasteiger partial charge < -0.3 is 0 Å². The Bertz CT molecular complexity index is 1720. The molecule has 0 bridgehead atoms. The Morgan fingerprint density at radius 2 is 2.02 bits per heavy atom. The number of alkyl halides is 2. The van der Waals surface area contributed by atoms with Gasteiger partial charge in [-0.1, -0.05) is 0 Å². The van der Waals surface area contributed by atoms with E-state index in [1.807, 2.05) is 12.1 Å². The Labute approximate surface area is 262 Å². The molecule has 1 aromatic heterocycles. The van der Waals surface area contributed by atoms with E-state index in [0.717, 1.165) is 54.1 Å². The normalized spacial score (nSPS) is 25.8. The van der Waals surface area contributed by atoms with Gasteiger partial charge in [-0.3, -0.25) is 0 Å². The van der Waals surface area contributed by atoms with Crippen LogP contribution in [-0.4, -0.2) is 53.7 Å². The van der Waals surface area contributed by atoms with Crippen LogP contribution in [0, 0.1) is 12.7 Å².